The zero-order valence-electron chi connectivity index (χ0n) is 22.1. The van der Waals surface area contributed by atoms with E-state index in [1.165, 1.54) is 12.1 Å². The summed E-state index contributed by atoms with van der Waals surface area (Å²) < 4.78 is 49.0. The Hall–Kier alpha value is -3.79. The Morgan fingerprint density at radius 2 is 1.67 bits per heavy atom. The first kappa shape index (κ1) is 28.2. The molecule has 1 saturated heterocycles. The topological polar surface area (TPSA) is 66.9 Å². The van der Waals surface area contributed by atoms with Gasteiger partial charge in [-0.2, -0.15) is 0 Å². The number of hydrogen-bond acceptors (Lipinski definition) is 6. The van der Waals surface area contributed by atoms with Crippen molar-refractivity contribution >= 4 is 11.6 Å². The zero-order chi connectivity index (χ0) is 27.8. The number of amides is 1. The van der Waals surface area contributed by atoms with Crippen molar-refractivity contribution in [3.05, 3.63) is 72.1 Å². The number of halogens is 3. The van der Waals surface area contributed by atoms with Gasteiger partial charge in [0.25, 0.3) is 5.91 Å². The number of nitrogens with zero attached hydrogens (tertiary/aromatic N) is 3. The lowest BCUT2D eigenvalue weighted by atomic mass is 10.0. The van der Waals surface area contributed by atoms with E-state index in [0.717, 1.165) is 38.3 Å². The van der Waals surface area contributed by atoms with E-state index in [4.69, 9.17) is 4.74 Å². The van der Waals surface area contributed by atoms with Crippen molar-refractivity contribution in [2.45, 2.75) is 33.2 Å². The monoisotopic (exact) mass is 542 g/mol. The summed E-state index contributed by atoms with van der Waals surface area (Å²) in [6, 6.07) is 14.0. The van der Waals surface area contributed by atoms with Crippen molar-refractivity contribution in [2.24, 2.45) is 0 Å². The summed E-state index contributed by atoms with van der Waals surface area (Å²) in [6.07, 6.45) is -0.749. The standard InChI is InChI=1S/C29H33F3N4O3/c1-3-9-34-28(37)22-5-7-25(8-6-22)36-12-10-35(11-13-36)20-21-14-23(16-26(15-21)39-29(30,31)32)24-17-27(38-4-2)19-33-18-24/h5-8,14-19H,3-4,9-13,20H2,1-2H3,(H,34,37). The highest BCUT2D eigenvalue weighted by Gasteiger charge is 2.31. The maximum Gasteiger partial charge on any atom is 0.573 e. The van der Waals surface area contributed by atoms with E-state index in [2.05, 4.69) is 24.8 Å². The number of rotatable bonds is 10. The number of alkyl halides is 3. The van der Waals surface area contributed by atoms with Gasteiger partial charge in [-0.1, -0.05) is 6.92 Å². The molecular formula is C29H33F3N4O3. The van der Waals surface area contributed by atoms with Crippen LogP contribution >= 0.6 is 0 Å². The SMILES string of the molecule is CCCNC(=O)c1ccc(N2CCN(Cc3cc(OC(F)(F)F)cc(-c4cncc(OCC)c4)c3)CC2)cc1. The van der Waals surface area contributed by atoms with Crippen LogP contribution in [0.25, 0.3) is 11.1 Å². The quantitative estimate of drug-likeness (QED) is 0.365. The molecular weight excluding hydrogens is 509 g/mol. The van der Waals surface area contributed by atoms with Crippen LogP contribution in [0.1, 0.15) is 36.2 Å². The average Bonchev–Trinajstić information content (AvgIpc) is 2.91. The van der Waals surface area contributed by atoms with E-state index in [9.17, 15) is 18.0 Å². The zero-order valence-corrected chi connectivity index (χ0v) is 22.1. The second kappa shape index (κ2) is 12.8. The summed E-state index contributed by atoms with van der Waals surface area (Å²) in [5.41, 5.74) is 3.59. The summed E-state index contributed by atoms with van der Waals surface area (Å²) in [5.74, 6) is 0.202. The molecule has 0 unspecified atom stereocenters. The molecule has 1 fully saturated rings. The number of anilines is 1. The fraction of sp³-hybridized carbons (Fsp3) is 0.379. The molecule has 1 amide bonds. The Morgan fingerprint density at radius 1 is 0.949 bits per heavy atom. The minimum Gasteiger partial charge on any atom is -0.492 e. The van der Waals surface area contributed by atoms with Gasteiger partial charge in [0.2, 0.25) is 0 Å². The van der Waals surface area contributed by atoms with Crippen LogP contribution in [-0.2, 0) is 6.54 Å². The number of carbonyl (C=O) groups excluding carboxylic acids is 1. The third-order valence-corrected chi connectivity index (χ3v) is 6.37. The fourth-order valence-corrected chi connectivity index (χ4v) is 4.52. The number of benzene rings is 2. The van der Waals surface area contributed by atoms with Crippen molar-refractivity contribution in [1.82, 2.24) is 15.2 Å². The van der Waals surface area contributed by atoms with Crippen LogP contribution in [0.3, 0.4) is 0 Å². The van der Waals surface area contributed by atoms with Crippen molar-refractivity contribution in [2.75, 3.05) is 44.2 Å². The molecule has 39 heavy (non-hydrogen) atoms. The third-order valence-electron chi connectivity index (χ3n) is 6.37. The maximum atomic E-state index is 13.1. The summed E-state index contributed by atoms with van der Waals surface area (Å²) in [5, 5.41) is 2.88. The van der Waals surface area contributed by atoms with E-state index < -0.39 is 6.36 Å². The molecule has 0 atom stereocenters. The third kappa shape index (κ3) is 8.10. The van der Waals surface area contributed by atoms with Gasteiger partial charge < -0.3 is 19.7 Å². The first-order valence-electron chi connectivity index (χ1n) is 13.1. The van der Waals surface area contributed by atoms with E-state index in [0.29, 0.717) is 47.7 Å². The van der Waals surface area contributed by atoms with Crippen LogP contribution in [0.5, 0.6) is 11.5 Å². The lowest BCUT2D eigenvalue weighted by molar-refractivity contribution is -0.274. The number of pyridine rings is 1. The van der Waals surface area contributed by atoms with Crippen molar-refractivity contribution < 1.29 is 27.4 Å². The Kier molecular flexibility index (Phi) is 9.29. The van der Waals surface area contributed by atoms with Crippen LogP contribution in [0.4, 0.5) is 18.9 Å². The Balaban J connectivity index is 1.44. The maximum absolute atomic E-state index is 13.1. The second-order valence-corrected chi connectivity index (χ2v) is 9.32. The highest BCUT2D eigenvalue weighted by Crippen LogP contribution is 2.32. The Morgan fingerprint density at radius 3 is 2.33 bits per heavy atom. The Bertz CT molecular complexity index is 1240. The summed E-state index contributed by atoms with van der Waals surface area (Å²) >= 11 is 0. The smallest absolute Gasteiger partial charge is 0.492 e. The van der Waals surface area contributed by atoms with Gasteiger partial charge in [-0.25, -0.2) is 0 Å². The van der Waals surface area contributed by atoms with Gasteiger partial charge in [-0.05, 0) is 73.0 Å². The number of aromatic nitrogens is 1. The van der Waals surface area contributed by atoms with Gasteiger partial charge in [0.1, 0.15) is 11.5 Å². The lowest BCUT2D eigenvalue weighted by Crippen LogP contribution is -2.46. The van der Waals surface area contributed by atoms with Crippen molar-refractivity contribution in [1.29, 1.82) is 0 Å². The van der Waals surface area contributed by atoms with E-state index in [1.807, 2.05) is 44.2 Å². The minimum atomic E-state index is -4.79. The highest BCUT2D eigenvalue weighted by molar-refractivity contribution is 5.94. The Labute approximate surface area is 226 Å². The van der Waals surface area contributed by atoms with E-state index >= 15 is 0 Å². The minimum absolute atomic E-state index is 0.0790. The molecule has 1 N–H and O–H groups in total. The van der Waals surface area contributed by atoms with Crippen LogP contribution < -0.4 is 19.7 Å². The number of ether oxygens (including phenoxy) is 2. The molecule has 0 spiro atoms. The molecule has 7 nitrogen and oxygen atoms in total. The molecule has 1 aromatic heterocycles. The summed E-state index contributed by atoms with van der Waals surface area (Å²) in [6.45, 7) is 8.42. The largest absolute Gasteiger partial charge is 0.573 e. The van der Waals surface area contributed by atoms with Gasteiger partial charge in [0, 0.05) is 62.3 Å². The number of piperazine rings is 1. The molecule has 1 aliphatic rings. The van der Waals surface area contributed by atoms with Gasteiger partial charge in [0.15, 0.2) is 0 Å². The molecule has 2 heterocycles. The number of nitrogens with one attached hydrogen (secondary N) is 1. The van der Waals surface area contributed by atoms with E-state index in [1.54, 1.807) is 18.5 Å². The van der Waals surface area contributed by atoms with Crippen LogP contribution in [0.15, 0.2) is 60.9 Å². The molecule has 1 aliphatic heterocycles. The van der Waals surface area contributed by atoms with Crippen LogP contribution in [0.2, 0.25) is 0 Å². The number of carbonyl (C=O) groups is 1. The fourth-order valence-electron chi connectivity index (χ4n) is 4.52. The molecule has 2 aromatic carbocycles. The van der Waals surface area contributed by atoms with Gasteiger partial charge in [-0.15, -0.1) is 13.2 Å². The second-order valence-electron chi connectivity index (χ2n) is 9.32. The van der Waals surface area contributed by atoms with Gasteiger partial charge in [0.05, 0.1) is 12.8 Å². The van der Waals surface area contributed by atoms with E-state index in [-0.39, 0.29) is 11.7 Å². The van der Waals surface area contributed by atoms with Crippen molar-refractivity contribution in [3.8, 4) is 22.6 Å². The molecule has 0 bridgehead atoms. The number of hydrogen-bond donors (Lipinski definition) is 1. The van der Waals surface area contributed by atoms with Crippen LogP contribution in [0, 0.1) is 0 Å². The molecule has 0 radical (unpaired) electrons. The molecule has 208 valence electrons. The average molecular weight is 543 g/mol. The van der Waals surface area contributed by atoms with Crippen LogP contribution in [-0.4, -0.2) is 61.5 Å². The lowest BCUT2D eigenvalue weighted by Gasteiger charge is -2.36. The predicted octanol–water partition coefficient (Wildman–Crippen LogP) is 5.51. The highest BCUT2D eigenvalue weighted by atomic mass is 19.4. The molecule has 10 heteroatoms. The first-order chi connectivity index (χ1) is 18.7. The normalized spacial score (nSPS) is 14.2. The van der Waals surface area contributed by atoms with Gasteiger partial charge >= 0.3 is 6.36 Å². The van der Waals surface area contributed by atoms with Crippen molar-refractivity contribution in [3.63, 3.8) is 0 Å². The summed E-state index contributed by atoms with van der Waals surface area (Å²) in [7, 11) is 0. The molecule has 0 saturated carbocycles. The molecule has 0 aliphatic carbocycles. The first-order valence-corrected chi connectivity index (χ1v) is 13.1. The summed E-state index contributed by atoms with van der Waals surface area (Å²) in [4.78, 5) is 20.8. The molecule has 4 rings (SSSR count). The van der Waals surface area contributed by atoms with Gasteiger partial charge in [-0.3, -0.25) is 14.7 Å². The predicted molar refractivity (Wildman–Crippen MR) is 144 cm³/mol. The molecule has 3 aromatic rings.